The minimum atomic E-state index is 0. The van der Waals surface area contributed by atoms with Gasteiger partial charge >= 0.3 is 0 Å². The van der Waals surface area contributed by atoms with E-state index in [-0.39, 0.29) is 29.4 Å². The number of aliphatic imine (C=N–C) groups is 1. The summed E-state index contributed by atoms with van der Waals surface area (Å²) in [6.45, 7) is 6.44. The lowest BCUT2D eigenvalue weighted by Gasteiger charge is -2.41. The minimum absolute atomic E-state index is 0. The molecule has 27 heavy (non-hydrogen) atoms. The maximum atomic E-state index is 5.15. The predicted molar refractivity (Wildman–Crippen MR) is 119 cm³/mol. The summed E-state index contributed by atoms with van der Waals surface area (Å²) >= 11 is 0. The fourth-order valence-electron chi connectivity index (χ4n) is 3.39. The van der Waals surface area contributed by atoms with Crippen LogP contribution in [0.3, 0.4) is 0 Å². The van der Waals surface area contributed by atoms with Crippen molar-refractivity contribution in [1.82, 2.24) is 20.8 Å². The quantitative estimate of drug-likeness (QED) is 0.260. The van der Waals surface area contributed by atoms with Crippen molar-refractivity contribution >= 4 is 29.9 Å². The molecule has 6 nitrogen and oxygen atoms in total. The summed E-state index contributed by atoms with van der Waals surface area (Å²) in [5.74, 6) is 2.27. The Kier molecular flexibility index (Phi) is 8.53. The molecule has 3 rings (SSSR count). The lowest BCUT2D eigenvalue weighted by atomic mass is 9.64. The molecule has 7 heteroatoms. The van der Waals surface area contributed by atoms with E-state index in [1.54, 1.807) is 0 Å². The Bertz CT molecular complexity index is 712. The van der Waals surface area contributed by atoms with Crippen LogP contribution in [-0.2, 0) is 11.8 Å². The average Bonchev–Trinajstić information content (AvgIpc) is 3.04. The first-order valence-electron chi connectivity index (χ1n) is 9.59. The van der Waals surface area contributed by atoms with E-state index >= 15 is 0 Å². The van der Waals surface area contributed by atoms with Gasteiger partial charge in [0.2, 0.25) is 5.89 Å². The van der Waals surface area contributed by atoms with Crippen LogP contribution in [0.1, 0.15) is 49.9 Å². The molecule has 1 saturated carbocycles. The van der Waals surface area contributed by atoms with Crippen molar-refractivity contribution in [2.24, 2.45) is 4.99 Å². The molecular weight excluding hydrogens is 453 g/mol. The second-order valence-electron chi connectivity index (χ2n) is 6.96. The molecule has 0 aliphatic heterocycles. The molecule has 0 bridgehead atoms. The number of hydrogen-bond acceptors (Lipinski definition) is 4. The van der Waals surface area contributed by atoms with Gasteiger partial charge in [-0.1, -0.05) is 41.9 Å². The minimum Gasteiger partial charge on any atom is -0.357 e. The van der Waals surface area contributed by atoms with Gasteiger partial charge in [-0.25, -0.2) is 0 Å². The maximum absolute atomic E-state index is 5.15. The molecule has 0 saturated heterocycles. The molecule has 0 spiro atoms. The van der Waals surface area contributed by atoms with Crippen LogP contribution < -0.4 is 10.6 Å². The van der Waals surface area contributed by atoms with Gasteiger partial charge in [0.05, 0.1) is 6.54 Å². The van der Waals surface area contributed by atoms with E-state index in [1.165, 1.54) is 24.8 Å². The van der Waals surface area contributed by atoms with Crippen LogP contribution in [0.25, 0.3) is 0 Å². The van der Waals surface area contributed by atoms with Gasteiger partial charge < -0.3 is 15.2 Å². The number of aryl methyl sites for hydroxylation is 2. The summed E-state index contributed by atoms with van der Waals surface area (Å²) in [5, 5.41) is 10.6. The van der Waals surface area contributed by atoms with Crippen molar-refractivity contribution in [3.05, 3.63) is 47.6 Å². The number of aromatic nitrogens is 2. The van der Waals surface area contributed by atoms with E-state index in [2.05, 4.69) is 58.0 Å². The van der Waals surface area contributed by atoms with Gasteiger partial charge in [-0.3, -0.25) is 4.99 Å². The number of guanidine groups is 1. The zero-order valence-electron chi connectivity index (χ0n) is 16.2. The summed E-state index contributed by atoms with van der Waals surface area (Å²) in [5.41, 5.74) is 1.63. The molecule has 0 radical (unpaired) electrons. The van der Waals surface area contributed by atoms with E-state index in [4.69, 9.17) is 9.52 Å². The molecule has 1 aliphatic carbocycles. The van der Waals surface area contributed by atoms with Crippen LogP contribution >= 0.6 is 24.0 Å². The van der Waals surface area contributed by atoms with Crippen molar-refractivity contribution in [3.8, 4) is 0 Å². The van der Waals surface area contributed by atoms with Crippen molar-refractivity contribution in [2.45, 2.75) is 51.4 Å². The van der Waals surface area contributed by atoms with Gasteiger partial charge in [0.1, 0.15) is 0 Å². The fraction of sp³-hybridized carbons (Fsp3) is 0.550. The van der Waals surface area contributed by atoms with Gasteiger partial charge in [0.15, 0.2) is 11.8 Å². The Labute approximate surface area is 178 Å². The normalized spacial score (nSPS) is 15.6. The van der Waals surface area contributed by atoms with Crippen LogP contribution in [0.15, 0.2) is 39.8 Å². The lowest BCUT2D eigenvalue weighted by Crippen LogP contribution is -2.42. The predicted octanol–water partition coefficient (Wildman–Crippen LogP) is 3.61. The Morgan fingerprint density at radius 1 is 1.22 bits per heavy atom. The van der Waals surface area contributed by atoms with E-state index < -0.39 is 0 Å². The van der Waals surface area contributed by atoms with Crippen molar-refractivity contribution in [2.75, 3.05) is 19.6 Å². The highest BCUT2D eigenvalue weighted by atomic mass is 127. The SMILES string of the molecule is CCNC(=NCC1(c2ccccc2)CCC1)NCCCc1nc(C)no1.I. The molecule has 1 fully saturated rings. The molecule has 1 aromatic heterocycles. The molecule has 2 N–H and O–H groups in total. The summed E-state index contributed by atoms with van der Waals surface area (Å²) < 4.78 is 5.15. The third-order valence-corrected chi connectivity index (χ3v) is 5.01. The standard InChI is InChI=1S/C20H29N5O.HI/c1-3-21-19(22-14-7-11-18-24-16(2)25-26-18)23-15-20(12-8-13-20)17-9-5-4-6-10-17;/h4-6,9-10H,3,7-8,11-15H2,1-2H3,(H2,21,22,23);1H. The van der Waals surface area contributed by atoms with Crippen molar-refractivity contribution in [3.63, 3.8) is 0 Å². The summed E-state index contributed by atoms with van der Waals surface area (Å²) in [6, 6.07) is 10.8. The number of nitrogens with zero attached hydrogens (tertiary/aromatic N) is 3. The number of rotatable bonds is 8. The van der Waals surface area contributed by atoms with Gasteiger partial charge in [0, 0.05) is 24.9 Å². The summed E-state index contributed by atoms with van der Waals surface area (Å²) in [4.78, 5) is 9.11. The average molecular weight is 483 g/mol. The molecule has 1 aromatic carbocycles. The highest BCUT2D eigenvalue weighted by molar-refractivity contribution is 14.0. The molecular formula is C20H30IN5O. The lowest BCUT2D eigenvalue weighted by molar-refractivity contribution is 0.253. The number of nitrogens with one attached hydrogen (secondary N) is 2. The second-order valence-corrected chi connectivity index (χ2v) is 6.96. The third kappa shape index (κ3) is 5.92. The number of halogens is 1. The van der Waals surface area contributed by atoms with Gasteiger partial charge in [-0.2, -0.15) is 4.98 Å². The largest absolute Gasteiger partial charge is 0.357 e. The Morgan fingerprint density at radius 3 is 2.59 bits per heavy atom. The van der Waals surface area contributed by atoms with Crippen molar-refractivity contribution < 1.29 is 4.52 Å². The molecule has 0 amide bonds. The first kappa shape index (κ1) is 21.7. The first-order chi connectivity index (χ1) is 12.7. The Balaban J connectivity index is 0.00000261. The number of benzene rings is 1. The molecule has 0 atom stereocenters. The summed E-state index contributed by atoms with van der Waals surface area (Å²) in [6.07, 6.45) is 5.43. The second kappa shape index (κ2) is 10.6. The number of hydrogen-bond donors (Lipinski definition) is 2. The zero-order chi connectivity index (χ0) is 18.2. The van der Waals surface area contributed by atoms with Crippen LogP contribution in [0, 0.1) is 6.92 Å². The summed E-state index contributed by atoms with van der Waals surface area (Å²) in [7, 11) is 0. The van der Waals surface area contributed by atoms with E-state index in [0.29, 0.717) is 11.7 Å². The monoisotopic (exact) mass is 483 g/mol. The fourth-order valence-corrected chi connectivity index (χ4v) is 3.39. The molecule has 1 aliphatic rings. The van der Waals surface area contributed by atoms with Crippen LogP contribution in [0.4, 0.5) is 0 Å². The van der Waals surface area contributed by atoms with Gasteiger partial charge in [-0.05, 0) is 38.7 Å². The molecule has 2 aromatic rings. The first-order valence-corrected chi connectivity index (χ1v) is 9.59. The topological polar surface area (TPSA) is 75.3 Å². The van der Waals surface area contributed by atoms with Gasteiger partial charge in [0.25, 0.3) is 0 Å². The highest BCUT2D eigenvalue weighted by Gasteiger charge is 2.38. The van der Waals surface area contributed by atoms with Gasteiger partial charge in [-0.15, -0.1) is 24.0 Å². The Hall–Kier alpha value is -1.64. The van der Waals surface area contributed by atoms with E-state index in [1.807, 2.05) is 6.92 Å². The van der Waals surface area contributed by atoms with Crippen LogP contribution in [-0.4, -0.2) is 35.7 Å². The smallest absolute Gasteiger partial charge is 0.226 e. The zero-order valence-corrected chi connectivity index (χ0v) is 18.5. The molecule has 1 heterocycles. The highest BCUT2D eigenvalue weighted by Crippen LogP contribution is 2.43. The van der Waals surface area contributed by atoms with E-state index in [9.17, 15) is 0 Å². The molecule has 148 valence electrons. The van der Waals surface area contributed by atoms with Crippen LogP contribution in [0.5, 0.6) is 0 Å². The van der Waals surface area contributed by atoms with E-state index in [0.717, 1.165) is 38.4 Å². The third-order valence-electron chi connectivity index (χ3n) is 5.01. The molecule has 0 unspecified atom stereocenters. The van der Waals surface area contributed by atoms with Crippen molar-refractivity contribution in [1.29, 1.82) is 0 Å². The maximum Gasteiger partial charge on any atom is 0.226 e. The van der Waals surface area contributed by atoms with Crippen LogP contribution in [0.2, 0.25) is 0 Å². The Morgan fingerprint density at radius 2 is 2.00 bits per heavy atom.